The molecule has 4 rings (SSSR count). The first-order valence-electron chi connectivity index (χ1n) is 10.3. The fourth-order valence-corrected chi connectivity index (χ4v) is 4.17. The Balaban J connectivity index is 1.52. The Morgan fingerprint density at radius 1 is 1.09 bits per heavy atom. The van der Waals surface area contributed by atoms with E-state index in [0.29, 0.717) is 10.7 Å². The normalized spacial score (nSPS) is 12.1. The number of amides is 1. The number of hydrogen-bond donors (Lipinski definition) is 1. The van der Waals surface area contributed by atoms with Crippen molar-refractivity contribution in [2.24, 2.45) is 0 Å². The van der Waals surface area contributed by atoms with Gasteiger partial charge in [-0.25, -0.2) is 9.78 Å². The monoisotopic (exact) mass is 449 g/mol. The van der Waals surface area contributed by atoms with Crippen molar-refractivity contribution in [1.29, 1.82) is 0 Å². The van der Waals surface area contributed by atoms with Crippen LogP contribution >= 0.6 is 11.8 Å². The van der Waals surface area contributed by atoms with E-state index in [0.717, 1.165) is 35.0 Å². The van der Waals surface area contributed by atoms with Crippen molar-refractivity contribution >= 4 is 45.7 Å². The fourth-order valence-electron chi connectivity index (χ4n) is 3.57. The number of hydrogen-bond acceptors (Lipinski definition) is 7. The Kier molecular flexibility index (Phi) is 6.65. The summed E-state index contributed by atoms with van der Waals surface area (Å²) >= 11 is 1.17. The van der Waals surface area contributed by atoms with Crippen LogP contribution in [0.5, 0.6) is 0 Å². The number of para-hydroxylation sites is 1. The Morgan fingerprint density at radius 3 is 2.59 bits per heavy atom. The molecule has 0 saturated carbocycles. The molecule has 8 nitrogen and oxygen atoms in total. The van der Waals surface area contributed by atoms with Crippen LogP contribution in [0.2, 0.25) is 0 Å². The number of nitrogens with one attached hydrogen (secondary N) is 1. The highest BCUT2D eigenvalue weighted by Crippen LogP contribution is 2.27. The molecule has 2 aromatic heterocycles. The minimum Gasteiger partial charge on any atom is -0.467 e. The van der Waals surface area contributed by atoms with Gasteiger partial charge in [0, 0.05) is 11.9 Å². The topological polar surface area (TPSA) is 99.0 Å². The van der Waals surface area contributed by atoms with Gasteiger partial charge in [0.15, 0.2) is 11.7 Å². The third-order valence-electron chi connectivity index (χ3n) is 5.01. The van der Waals surface area contributed by atoms with Crippen LogP contribution in [0.3, 0.4) is 0 Å². The van der Waals surface area contributed by atoms with Gasteiger partial charge in [0.25, 0.3) is 0 Å². The standard InChI is InChI=1S/C23H23N5O3S/c1-3-13-28-17-12-8-7-11-16(17)20-21(28)25-23(27-26-20)32-14-18(29)24-19(22(30)31-2)15-9-5-4-6-10-15/h4-12,19H,3,13-14H2,1-2H3,(H,24,29)/t19-/m1/s1. The average Bonchev–Trinajstić information content (AvgIpc) is 3.14. The van der Waals surface area contributed by atoms with Gasteiger partial charge >= 0.3 is 5.97 Å². The third kappa shape index (κ3) is 4.43. The number of carbonyl (C=O) groups excluding carboxylic acids is 2. The molecule has 4 aromatic rings. The number of nitrogens with zero attached hydrogens (tertiary/aromatic N) is 4. The lowest BCUT2D eigenvalue weighted by molar-refractivity contribution is -0.145. The number of benzene rings is 2. The van der Waals surface area contributed by atoms with Gasteiger partial charge in [-0.05, 0) is 18.1 Å². The maximum atomic E-state index is 12.6. The van der Waals surface area contributed by atoms with Crippen molar-refractivity contribution in [3.8, 4) is 0 Å². The first-order chi connectivity index (χ1) is 15.6. The van der Waals surface area contributed by atoms with Crippen LogP contribution in [0.25, 0.3) is 22.1 Å². The van der Waals surface area contributed by atoms with Crippen molar-refractivity contribution < 1.29 is 14.3 Å². The largest absolute Gasteiger partial charge is 0.467 e. The van der Waals surface area contributed by atoms with E-state index in [9.17, 15) is 9.59 Å². The molecule has 2 aromatic carbocycles. The molecular formula is C23H23N5O3S. The first kappa shape index (κ1) is 21.8. The third-order valence-corrected chi connectivity index (χ3v) is 5.85. The quantitative estimate of drug-likeness (QED) is 0.325. The summed E-state index contributed by atoms with van der Waals surface area (Å²) in [4.78, 5) is 29.4. The molecule has 0 unspecified atom stereocenters. The van der Waals surface area contributed by atoms with E-state index < -0.39 is 12.0 Å². The van der Waals surface area contributed by atoms with Crippen LogP contribution in [0.15, 0.2) is 59.8 Å². The van der Waals surface area contributed by atoms with E-state index in [1.807, 2.05) is 30.3 Å². The number of thioether (sulfide) groups is 1. The molecule has 0 spiro atoms. The van der Waals surface area contributed by atoms with Crippen LogP contribution in [0.4, 0.5) is 0 Å². The summed E-state index contributed by atoms with van der Waals surface area (Å²) in [6.07, 6.45) is 0.955. The second kappa shape index (κ2) is 9.78. The minimum absolute atomic E-state index is 0.0432. The number of aromatic nitrogens is 4. The van der Waals surface area contributed by atoms with Gasteiger partial charge < -0.3 is 14.6 Å². The molecule has 1 N–H and O–H groups in total. The second-order valence-electron chi connectivity index (χ2n) is 7.16. The van der Waals surface area contributed by atoms with Gasteiger partial charge in [-0.2, -0.15) is 0 Å². The lowest BCUT2D eigenvalue weighted by Gasteiger charge is -2.16. The van der Waals surface area contributed by atoms with Crippen LogP contribution in [-0.4, -0.2) is 44.5 Å². The van der Waals surface area contributed by atoms with Gasteiger partial charge in [0.05, 0.1) is 18.4 Å². The Hall–Kier alpha value is -3.46. The average molecular weight is 450 g/mol. The highest BCUT2D eigenvalue weighted by molar-refractivity contribution is 7.99. The minimum atomic E-state index is -0.872. The number of fused-ring (bicyclic) bond motifs is 3. The molecule has 32 heavy (non-hydrogen) atoms. The summed E-state index contributed by atoms with van der Waals surface area (Å²) in [6, 6.07) is 16.1. The Bertz CT molecular complexity index is 1260. The molecule has 0 radical (unpaired) electrons. The summed E-state index contributed by atoms with van der Waals surface area (Å²) < 4.78 is 6.98. The van der Waals surface area contributed by atoms with Gasteiger partial charge in [-0.15, -0.1) is 10.2 Å². The maximum absolute atomic E-state index is 12.6. The summed E-state index contributed by atoms with van der Waals surface area (Å²) in [7, 11) is 1.29. The van der Waals surface area contributed by atoms with Crippen molar-refractivity contribution in [2.75, 3.05) is 12.9 Å². The zero-order valence-electron chi connectivity index (χ0n) is 17.8. The SMILES string of the molecule is CCCn1c2ccccc2c2nnc(SCC(=O)N[C@@H](C(=O)OC)c3ccccc3)nc21. The van der Waals surface area contributed by atoms with E-state index in [1.165, 1.54) is 18.9 Å². The summed E-state index contributed by atoms with van der Waals surface area (Å²) in [5.41, 5.74) is 3.22. The van der Waals surface area contributed by atoms with Gasteiger partial charge in [-0.1, -0.05) is 67.2 Å². The van der Waals surface area contributed by atoms with Crippen molar-refractivity contribution in [3.05, 3.63) is 60.2 Å². The number of aryl methyl sites for hydroxylation is 1. The van der Waals surface area contributed by atoms with Crippen LogP contribution in [-0.2, 0) is 20.9 Å². The first-order valence-corrected chi connectivity index (χ1v) is 11.3. The fraction of sp³-hybridized carbons (Fsp3) is 0.261. The molecule has 0 saturated heterocycles. The van der Waals surface area contributed by atoms with E-state index in [2.05, 4.69) is 32.0 Å². The number of ether oxygens (including phenoxy) is 1. The smallest absolute Gasteiger partial charge is 0.333 e. The summed E-state index contributed by atoms with van der Waals surface area (Å²) in [5, 5.41) is 12.7. The molecule has 0 fully saturated rings. The molecule has 2 heterocycles. The predicted octanol–water partition coefficient (Wildman–Crippen LogP) is 3.51. The zero-order chi connectivity index (χ0) is 22.5. The molecule has 1 atom stereocenters. The second-order valence-corrected chi connectivity index (χ2v) is 8.10. The molecule has 0 aliphatic carbocycles. The molecule has 1 amide bonds. The van der Waals surface area contributed by atoms with E-state index in [4.69, 9.17) is 4.74 Å². The summed E-state index contributed by atoms with van der Waals surface area (Å²) in [6.45, 7) is 2.92. The van der Waals surface area contributed by atoms with Gasteiger partial charge in [0.2, 0.25) is 11.1 Å². The lowest BCUT2D eigenvalue weighted by Crippen LogP contribution is -2.35. The molecule has 164 valence electrons. The van der Waals surface area contributed by atoms with Crippen molar-refractivity contribution in [3.63, 3.8) is 0 Å². The summed E-state index contributed by atoms with van der Waals surface area (Å²) in [5.74, 6) is -0.813. The molecular weight excluding hydrogens is 426 g/mol. The molecule has 0 aliphatic heterocycles. The Labute approximate surface area is 189 Å². The van der Waals surface area contributed by atoms with Crippen LogP contribution in [0, 0.1) is 0 Å². The predicted molar refractivity (Wildman–Crippen MR) is 123 cm³/mol. The van der Waals surface area contributed by atoms with Gasteiger partial charge in [-0.3, -0.25) is 4.79 Å². The molecule has 0 bridgehead atoms. The maximum Gasteiger partial charge on any atom is 0.333 e. The van der Waals surface area contributed by atoms with E-state index in [1.54, 1.807) is 24.3 Å². The molecule has 9 heteroatoms. The number of methoxy groups -OCH3 is 1. The van der Waals surface area contributed by atoms with Crippen molar-refractivity contribution in [2.45, 2.75) is 31.1 Å². The van der Waals surface area contributed by atoms with E-state index in [-0.39, 0.29) is 11.7 Å². The molecule has 0 aliphatic rings. The number of esters is 1. The zero-order valence-corrected chi connectivity index (χ0v) is 18.6. The van der Waals surface area contributed by atoms with Crippen LogP contribution in [0.1, 0.15) is 24.9 Å². The highest BCUT2D eigenvalue weighted by atomic mass is 32.2. The van der Waals surface area contributed by atoms with E-state index >= 15 is 0 Å². The number of carbonyl (C=O) groups is 2. The van der Waals surface area contributed by atoms with Crippen LogP contribution < -0.4 is 5.32 Å². The lowest BCUT2D eigenvalue weighted by atomic mass is 10.1. The Morgan fingerprint density at radius 2 is 1.84 bits per heavy atom. The van der Waals surface area contributed by atoms with Crippen molar-refractivity contribution in [1.82, 2.24) is 25.1 Å². The highest BCUT2D eigenvalue weighted by Gasteiger charge is 2.23. The number of rotatable bonds is 8. The van der Waals surface area contributed by atoms with Gasteiger partial charge in [0.1, 0.15) is 5.52 Å².